The second-order valence-electron chi connectivity index (χ2n) is 4.47. The Morgan fingerprint density at radius 2 is 1.90 bits per heavy atom. The molecule has 0 saturated carbocycles. The predicted octanol–water partition coefficient (Wildman–Crippen LogP) is 2.84. The maximum absolute atomic E-state index is 12.0. The van der Waals surface area contributed by atoms with Crippen LogP contribution in [0.4, 0.5) is 5.69 Å². The molecule has 2 rings (SSSR count). The van der Waals surface area contributed by atoms with Gasteiger partial charge in [-0.1, -0.05) is 17.3 Å². The molecule has 0 aliphatic heterocycles. The number of hydrogen-bond donors (Lipinski definition) is 2. The molecule has 0 unspecified atom stereocenters. The molecule has 0 bridgehead atoms. The molecule has 5 heteroatoms. The molecular formula is C15H15N3O2. The van der Waals surface area contributed by atoms with Crippen LogP contribution < -0.4 is 5.32 Å². The summed E-state index contributed by atoms with van der Waals surface area (Å²) in [5.41, 5.74) is 3.43. The standard InChI is InChI=1S/C15H15N3O2/c1-10-7-13(9-16-8-10)15(19)17-14-5-3-12(4-6-14)11(2)18-20/h3-9,20H,1-2H3,(H,17,19). The van der Waals surface area contributed by atoms with E-state index in [0.29, 0.717) is 17.0 Å². The van der Waals surface area contributed by atoms with Crippen molar-refractivity contribution in [3.8, 4) is 0 Å². The summed E-state index contributed by atoms with van der Waals surface area (Å²) in [5, 5.41) is 14.6. The Labute approximate surface area is 117 Å². The van der Waals surface area contributed by atoms with Crippen molar-refractivity contribution >= 4 is 17.3 Å². The first-order chi connectivity index (χ1) is 9.60. The van der Waals surface area contributed by atoms with E-state index in [0.717, 1.165) is 11.1 Å². The normalized spacial score (nSPS) is 11.2. The largest absolute Gasteiger partial charge is 0.411 e. The number of aryl methyl sites for hydroxylation is 1. The topological polar surface area (TPSA) is 74.6 Å². The van der Waals surface area contributed by atoms with Gasteiger partial charge in [-0.25, -0.2) is 0 Å². The molecule has 1 amide bonds. The molecule has 0 aliphatic carbocycles. The maximum Gasteiger partial charge on any atom is 0.257 e. The number of rotatable bonds is 3. The van der Waals surface area contributed by atoms with Crippen molar-refractivity contribution in [3.05, 3.63) is 59.4 Å². The van der Waals surface area contributed by atoms with Gasteiger partial charge in [-0.05, 0) is 43.2 Å². The number of carbonyl (C=O) groups excluding carboxylic acids is 1. The molecule has 2 aromatic rings. The van der Waals surface area contributed by atoms with Crippen LogP contribution in [0.2, 0.25) is 0 Å². The van der Waals surface area contributed by atoms with Gasteiger partial charge in [0.2, 0.25) is 0 Å². The van der Waals surface area contributed by atoms with E-state index < -0.39 is 0 Å². The van der Waals surface area contributed by atoms with Gasteiger partial charge in [0.25, 0.3) is 5.91 Å². The zero-order valence-electron chi connectivity index (χ0n) is 11.3. The van der Waals surface area contributed by atoms with Crippen LogP contribution in [-0.4, -0.2) is 21.8 Å². The molecule has 0 fully saturated rings. The second kappa shape index (κ2) is 5.97. The van der Waals surface area contributed by atoms with Crippen LogP contribution >= 0.6 is 0 Å². The third kappa shape index (κ3) is 3.20. The fraction of sp³-hybridized carbons (Fsp3) is 0.133. The molecule has 20 heavy (non-hydrogen) atoms. The summed E-state index contributed by atoms with van der Waals surface area (Å²) in [6, 6.07) is 8.84. The minimum atomic E-state index is -0.207. The molecule has 1 aromatic carbocycles. The Morgan fingerprint density at radius 3 is 2.50 bits per heavy atom. The fourth-order valence-electron chi connectivity index (χ4n) is 1.73. The highest BCUT2D eigenvalue weighted by molar-refractivity contribution is 6.04. The Morgan fingerprint density at radius 1 is 1.20 bits per heavy atom. The molecule has 5 nitrogen and oxygen atoms in total. The first-order valence-corrected chi connectivity index (χ1v) is 6.12. The van der Waals surface area contributed by atoms with Gasteiger partial charge in [-0.3, -0.25) is 9.78 Å². The van der Waals surface area contributed by atoms with E-state index in [-0.39, 0.29) is 5.91 Å². The Balaban J connectivity index is 2.12. The average molecular weight is 269 g/mol. The van der Waals surface area contributed by atoms with Crippen LogP contribution in [0.1, 0.15) is 28.4 Å². The molecule has 0 radical (unpaired) electrons. The van der Waals surface area contributed by atoms with Crippen molar-refractivity contribution in [1.82, 2.24) is 4.98 Å². The zero-order chi connectivity index (χ0) is 14.5. The van der Waals surface area contributed by atoms with Gasteiger partial charge in [0, 0.05) is 18.1 Å². The number of pyridine rings is 1. The summed E-state index contributed by atoms with van der Waals surface area (Å²) >= 11 is 0. The van der Waals surface area contributed by atoms with Crippen LogP contribution in [0.25, 0.3) is 0 Å². The van der Waals surface area contributed by atoms with E-state index in [4.69, 9.17) is 5.21 Å². The highest BCUT2D eigenvalue weighted by Crippen LogP contribution is 2.12. The first kappa shape index (κ1) is 13.7. The lowest BCUT2D eigenvalue weighted by Crippen LogP contribution is -2.12. The Kier molecular flexibility index (Phi) is 4.10. The zero-order valence-corrected chi connectivity index (χ0v) is 11.3. The number of aromatic nitrogens is 1. The second-order valence-corrected chi connectivity index (χ2v) is 4.47. The number of nitrogens with zero attached hydrogens (tertiary/aromatic N) is 2. The molecule has 0 atom stereocenters. The summed E-state index contributed by atoms with van der Waals surface area (Å²) in [6.45, 7) is 3.58. The Hall–Kier alpha value is -2.69. The molecule has 0 spiro atoms. The Bertz CT molecular complexity index is 648. The lowest BCUT2D eigenvalue weighted by Gasteiger charge is -2.06. The third-order valence-corrected chi connectivity index (χ3v) is 2.85. The average Bonchev–Trinajstić information content (AvgIpc) is 2.47. The van der Waals surface area contributed by atoms with Gasteiger partial charge >= 0.3 is 0 Å². The SMILES string of the molecule is CC(=NO)c1ccc(NC(=O)c2cncc(C)c2)cc1. The van der Waals surface area contributed by atoms with Crippen molar-refractivity contribution < 1.29 is 10.0 Å². The highest BCUT2D eigenvalue weighted by atomic mass is 16.4. The van der Waals surface area contributed by atoms with Gasteiger partial charge in [-0.2, -0.15) is 0 Å². The van der Waals surface area contributed by atoms with Crippen LogP contribution in [-0.2, 0) is 0 Å². The van der Waals surface area contributed by atoms with Gasteiger partial charge < -0.3 is 10.5 Å². The van der Waals surface area contributed by atoms with E-state index in [1.54, 1.807) is 43.5 Å². The fourth-order valence-corrected chi connectivity index (χ4v) is 1.73. The van der Waals surface area contributed by atoms with Crippen LogP contribution in [0.15, 0.2) is 47.9 Å². The number of nitrogens with one attached hydrogen (secondary N) is 1. The molecule has 2 N–H and O–H groups in total. The van der Waals surface area contributed by atoms with Gasteiger partial charge in [-0.15, -0.1) is 0 Å². The molecule has 0 saturated heterocycles. The van der Waals surface area contributed by atoms with E-state index in [1.165, 1.54) is 6.20 Å². The van der Waals surface area contributed by atoms with Crippen molar-refractivity contribution in [1.29, 1.82) is 0 Å². The molecule has 0 aliphatic rings. The van der Waals surface area contributed by atoms with E-state index in [2.05, 4.69) is 15.5 Å². The summed E-state index contributed by atoms with van der Waals surface area (Å²) in [7, 11) is 0. The number of oxime groups is 1. The molecule has 102 valence electrons. The molecule has 1 aromatic heterocycles. The minimum absolute atomic E-state index is 0.207. The number of amides is 1. The number of benzene rings is 1. The number of carbonyl (C=O) groups is 1. The van der Waals surface area contributed by atoms with Gasteiger partial charge in [0.1, 0.15) is 0 Å². The monoisotopic (exact) mass is 269 g/mol. The van der Waals surface area contributed by atoms with E-state index in [1.807, 2.05) is 6.92 Å². The van der Waals surface area contributed by atoms with Crippen molar-refractivity contribution in [2.24, 2.45) is 5.16 Å². The summed E-state index contributed by atoms with van der Waals surface area (Å²) in [6.07, 6.45) is 3.22. The molecule has 1 heterocycles. The van der Waals surface area contributed by atoms with Gasteiger partial charge in [0.05, 0.1) is 11.3 Å². The molecular weight excluding hydrogens is 254 g/mol. The predicted molar refractivity (Wildman–Crippen MR) is 77.4 cm³/mol. The third-order valence-electron chi connectivity index (χ3n) is 2.85. The number of anilines is 1. The van der Waals surface area contributed by atoms with Crippen molar-refractivity contribution in [3.63, 3.8) is 0 Å². The van der Waals surface area contributed by atoms with Crippen LogP contribution in [0, 0.1) is 6.92 Å². The quantitative estimate of drug-likeness (QED) is 0.511. The van der Waals surface area contributed by atoms with Crippen LogP contribution in [0.3, 0.4) is 0 Å². The smallest absolute Gasteiger partial charge is 0.257 e. The summed E-state index contributed by atoms with van der Waals surface area (Å²) < 4.78 is 0. The van der Waals surface area contributed by atoms with Crippen LogP contribution in [0.5, 0.6) is 0 Å². The minimum Gasteiger partial charge on any atom is -0.411 e. The summed E-state index contributed by atoms with van der Waals surface area (Å²) in [4.78, 5) is 16.0. The lowest BCUT2D eigenvalue weighted by atomic mass is 10.1. The summed E-state index contributed by atoms with van der Waals surface area (Å²) in [5.74, 6) is -0.207. The maximum atomic E-state index is 12.0. The van der Waals surface area contributed by atoms with Crippen molar-refractivity contribution in [2.75, 3.05) is 5.32 Å². The highest BCUT2D eigenvalue weighted by Gasteiger charge is 2.07. The van der Waals surface area contributed by atoms with Crippen molar-refractivity contribution in [2.45, 2.75) is 13.8 Å². The van der Waals surface area contributed by atoms with Gasteiger partial charge in [0.15, 0.2) is 0 Å². The number of hydrogen-bond acceptors (Lipinski definition) is 4. The van der Waals surface area contributed by atoms with E-state index >= 15 is 0 Å². The lowest BCUT2D eigenvalue weighted by molar-refractivity contribution is 0.102. The van der Waals surface area contributed by atoms with E-state index in [9.17, 15) is 4.79 Å². The first-order valence-electron chi connectivity index (χ1n) is 6.12.